The van der Waals surface area contributed by atoms with Gasteiger partial charge in [-0.25, -0.2) is 13.1 Å². The number of hydrogen-bond acceptors (Lipinski definition) is 4. The predicted octanol–water partition coefficient (Wildman–Crippen LogP) is 1.15. The van der Waals surface area contributed by atoms with Gasteiger partial charge in [0.25, 0.3) is 0 Å². The number of sulfonamides is 1. The van der Waals surface area contributed by atoms with Crippen molar-refractivity contribution >= 4 is 21.6 Å². The van der Waals surface area contributed by atoms with Crippen LogP contribution >= 0.6 is 0 Å². The summed E-state index contributed by atoms with van der Waals surface area (Å²) >= 11 is 0. The Kier molecular flexibility index (Phi) is 4.20. The van der Waals surface area contributed by atoms with Gasteiger partial charge < -0.3 is 10.6 Å². The van der Waals surface area contributed by atoms with Gasteiger partial charge in [-0.3, -0.25) is 4.79 Å². The van der Waals surface area contributed by atoms with E-state index < -0.39 is 15.6 Å². The second kappa shape index (κ2) is 5.89. The molecular weight excluding hydrogens is 314 g/mol. The van der Waals surface area contributed by atoms with E-state index in [1.807, 2.05) is 0 Å². The van der Waals surface area contributed by atoms with Crippen LogP contribution in [-0.4, -0.2) is 33.5 Å². The van der Waals surface area contributed by atoms with Crippen molar-refractivity contribution in [1.29, 1.82) is 0 Å². The highest BCUT2D eigenvalue weighted by Gasteiger charge is 2.40. The number of rotatable bonds is 3. The van der Waals surface area contributed by atoms with Crippen LogP contribution in [0.2, 0.25) is 0 Å². The zero-order chi connectivity index (χ0) is 16.7. The standard InChI is InChI=1S/C16H23N3O3S/c1-18-23(21,22)13-6-5-12-7-10-19(14(12)11-13)15(20)16(17)8-3-2-4-9-16/h5-6,11,18H,2-4,7-10,17H2,1H3. The molecule has 1 aromatic carbocycles. The van der Waals surface area contributed by atoms with Gasteiger partial charge in [0.15, 0.2) is 0 Å². The Morgan fingerprint density at radius 3 is 2.61 bits per heavy atom. The second-order valence-electron chi connectivity index (χ2n) is 6.42. The largest absolute Gasteiger partial charge is 0.317 e. The Morgan fingerprint density at radius 1 is 1.26 bits per heavy atom. The van der Waals surface area contributed by atoms with Gasteiger partial charge in [0.05, 0.1) is 10.4 Å². The molecule has 1 amide bonds. The molecule has 0 spiro atoms. The Morgan fingerprint density at radius 2 is 1.96 bits per heavy atom. The highest BCUT2D eigenvalue weighted by molar-refractivity contribution is 7.89. The summed E-state index contributed by atoms with van der Waals surface area (Å²) in [5, 5.41) is 0. The van der Waals surface area contributed by atoms with Gasteiger partial charge in [-0.15, -0.1) is 0 Å². The first kappa shape index (κ1) is 16.4. The lowest BCUT2D eigenvalue weighted by Crippen LogP contribution is -2.56. The molecule has 1 saturated carbocycles. The molecule has 126 valence electrons. The normalized spacial score (nSPS) is 20.3. The molecular formula is C16H23N3O3S. The van der Waals surface area contributed by atoms with Gasteiger partial charge in [0.1, 0.15) is 0 Å². The van der Waals surface area contributed by atoms with Crippen molar-refractivity contribution in [1.82, 2.24) is 4.72 Å². The van der Waals surface area contributed by atoms with E-state index in [-0.39, 0.29) is 10.8 Å². The molecule has 1 fully saturated rings. The number of amides is 1. The fraction of sp³-hybridized carbons (Fsp3) is 0.562. The lowest BCUT2D eigenvalue weighted by Gasteiger charge is -2.35. The molecule has 0 bridgehead atoms. The average Bonchev–Trinajstić information content (AvgIpc) is 2.97. The van der Waals surface area contributed by atoms with E-state index >= 15 is 0 Å². The van der Waals surface area contributed by atoms with Crippen LogP contribution in [0.1, 0.15) is 37.7 Å². The number of nitrogens with one attached hydrogen (secondary N) is 1. The molecule has 2 aliphatic rings. The Labute approximate surface area is 137 Å². The van der Waals surface area contributed by atoms with E-state index in [0.29, 0.717) is 25.1 Å². The number of hydrogen-bond donors (Lipinski definition) is 2. The van der Waals surface area contributed by atoms with Crippen LogP contribution in [0.25, 0.3) is 0 Å². The summed E-state index contributed by atoms with van der Waals surface area (Å²) in [7, 11) is -2.15. The smallest absolute Gasteiger partial charge is 0.247 e. The summed E-state index contributed by atoms with van der Waals surface area (Å²) in [5.74, 6) is -0.0741. The molecule has 1 aliphatic carbocycles. The van der Waals surface area contributed by atoms with Crippen LogP contribution in [0.5, 0.6) is 0 Å². The number of nitrogens with zero attached hydrogens (tertiary/aromatic N) is 1. The summed E-state index contributed by atoms with van der Waals surface area (Å²) in [6, 6.07) is 4.95. The van der Waals surface area contributed by atoms with Crippen molar-refractivity contribution in [2.75, 3.05) is 18.5 Å². The lowest BCUT2D eigenvalue weighted by molar-refractivity contribution is -0.124. The Bertz CT molecular complexity index is 724. The predicted molar refractivity (Wildman–Crippen MR) is 88.7 cm³/mol. The van der Waals surface area contributed by atoms with Gasteiger partial charge in [0, 0.05) is 12.2 Å². The molecule has 1 heterocycles. The summed E-state index contributed by atoms with van der Waals surface area (Å²) in [6.45, 7) is 0.566. The average molecular weight is 337 g/mol. The van der Waals surface area contributed by atoms with Crippen molar-refractivity contribution < 1.29 is 13.2 Å². The Hall–Kier alpha value is -1.44. The topological polar surface area (TPSA) is 92.5 Å². The summed E-state index contributed by atoms with van der Waals surface area (Å²) in [6.07, 6.45) is 5.19. The van der Waals surface area contributed by atoms with Crippen molar-refractivity contribution in [3.05, 3.63) is 23.8 Å². The minimum absolute atomic E-state index is 0.0741. The Balaban J connectivity index is 1.94. The van der Waals surface area contributed by atoms with Crippen molar-refractivity contribution in [3.63, 3.8) is 0 Å². The molecule has 3 N–H and O–H groups in total. The van der Waals surface area contributed by atoms with Crippen LogP contribution in [0.15, 0.2) is 23.1 Å². The van der Waals surface area contributed by atoms with E-state index in [9.17, 15) is 13.2 Å². The van der Waals surface area contributed by atoms with Gasteiger partial charge >= 0.3 is 0 Å². The maximum atomic E-state index is 13.0. The molecule has 1 aliphatic heterocycles. The molecule has 0 unspecified atom stereocenters. The maximum absolute atomic E-state index is 13.0. The first-order valence-corrected chi connectivity index (χ1v) is 9.53. The van der Waals surface area contributed by atoms with Gasteiger partial charge in [-0.1, -0.05) is 25.3 Å². The van der Waals surface area contributed by atoms with Crippen LogP contribution in [0.4, 0.5) is 5.69 Å². The molecule has 0 saturated heterocycles. The van der Waals surface area contributed by atoms with Gasteiger partial charge in [0.2, 0.25) is 15.9 Å². The fourth-order valence-corrected chi connectivity index (χ4v) is 4.27. The third-order valence-electron chi connectivity index (χ3n) is 4.95. The molecule has 0 aromatic heterocycles. The van der Waals surface area contributed by atoms with E-state index in [4.69, 9.17) is 5.73 Å². The highest BCUT2D eigenvalue weighted by atomic mass is 32.2. The van der Waals surface area contributed by atoms with Gasteiger partial charge in [-0.2, -0.15) is 0 Å². The molecule has 0 atom stereocenters. The third-order valence-corrected chi connectivity index (χ3v) is 6.36. The monoisotopic (exact) mass is 337 g/mol. The van der Waals surface area contributed by atoms with Crippen LogP contribution in [0, 0.1) is 0 Å². The van der Waals surface area contributed by atoms with E-state index in [1.54, 1.807) is 23.1 Å². The zero-order valence-corrected chi connectivity index (χ0v) is 14.2. The summed E-state index contributed by atoms with van der Waals surface area (Å²) in [4.78, 5) is 14.8. The van der Waals surface area contributed by atoms with Gasteiger partial charge in [-0.05, 0) is 44.0 Å². The zero-order valence-electron chi connectivity index (χ0n) is 13.3. The minimum atomic E-state index is -3.53. The second-order valence-corrected chi connectivity index (χ2v) is 8.31. The summed E-state index contributed by atoms with van der Waals surface area (Å²) < 4.78 is 26.3. The first-order valence-electron chi connectivity index (χ1n) is 8.05. The number of carbonyl (C=O) groups is 1. The number of nitrogens with two attached hydrogens (primary N) is 1. The van der Waals surface area contributed by atoms with E-state index in [1.165, 1.54) is 7.05 Å². The van der Waals surface area contributed by atoms with Crippen LogP contribution in [0.3, 0.4) is 0 Å². The molecule has 7 heteroatoms. The SMILES string of the molecule is CNS(=O)(=O)c1ccc2c(c1)N(C(=O)C1(N)CCCCC1)CC2. The van der Waals surface area contributed by atoms with E-state index in [0.717, 1.165) is 31.2 Å². The number of carbonyl (C=O) groups excluding carboxylic acids is 1. The number of fused-ring (bicyclic) bond motifs is 1. The molecule has 3 rings (SSSR count). The number of benzene rings is 1. The van der Waals surface area contributed by atoms with Crippen molar-refractivity contribution in [3.8, 4) is 0 Å². The van der Waals surface area contributed by atoms with Crippen LogP contribution in [-0.2, 0) is 21.2 Å². The molecule has 0 radical (unpaired) electrons. The lowest BCUT2D eigenvalue weighted by atomic mass is 9.81. The third kappa shape index (κ3) is 2.88. The molecule has 1 aromatic rings. The first-order chi connectivity index (χ1) is 10.9. The van der Waals surface area contributed by atoms with Crippen molar-refractivity contribution in [2.24, 2.45) is 5.73 Å². The van der Waals surface area contributed by atoms with E-state index in [2.05, 4.69) is 4.72 Å². The fourth-order valence-electron chi connectivity index (χ4n) is 3.52. The molecule has 6 nitrogen and oxygen atoms in total. The minimum Gasteiger partial charge on any atom is -0.317 e. The van der Waals surface area contributed by atoms with Crippen LogP contribution < -0.4 is 15.4 Å². The summed E-state index contributed by atoms with van der Waals surface area (Å²) in [5.41, 5.74) is 7.24. The number of anilines is 1. The quantitative estimate of drug-likeness (QED) is 0.865. The maximum Gasteiger partial charge on any atom is 0.247 e. The van der Waals surface area contributed by atoms with Crippen molar-refractivity contribution in [2.45, 2.75) is 49.0 Å². The molecule has 23 heavy (non-hydrogen) atoms. The highest BCUT2D eigenvalue weighted by Crippen LogP contribution is 2.35.